The van der Waals surface area contributed by atoms with Crippen LogP contribution in [0.25, 0.3) is 5.65 Å². The smallest absolute Gasteiger partial charge is 0.160 e. The van der Waals surface area contributed by atoms with Crippen LogP contribution in [0.4, 0.5) is 10.1 Å². The molecule has 0 saturated carbocycles. The van der Waals surface area contributed by atoms with Gasteiger partial charge in [0, 0.05) is 18.4 Å². The zero-order valence-corrected chi connectivity index (χ0v) is 14.9. The first-order valence-electron chi connectivity index (χ1n) is 8.05. The molecule has 1 aromatic carbocycles. The Balaban J connectivity index is 0.00000169. The maximum Gasteiger partial charge on any atom is 0.160 e. The lowest BCUT2D eigenvalue weighted by molar-refractivity contribution is 0.594. The highest BCUT2D eigenvalue weighted by atomic mass is 35.5. The third kappa shape index (κ3) is 2.46. The Bertz CT molecular complexity index is 903. The molecule has 5 heteroatoms. The normalized spacial score (nSPS) is 16.8. The third-order valence-corrected chi connectivity index (χ3v) is 5.06. The molecule has 1 unspecified atom stereocenters. The lowest BCUT2D eigenvalue weighted by atomic mass is 9.93. The van der Waals surface area contributed by atoms with E-state index in [0.29, 0.717) is 0 Å². The molecule has 0 bridgehead atoms. The van der Waals surface area contributed by atoms with Crippen LogP contribution in [0.5, 0.6) is 0 Å². The fourth-order valence-electron chi connectivity index (χ4n) is 3.62. The van der Waals surface area contributed by atoms with Crippen molar-refractivity contribution in [3.05, 3.63) is 64.9 Å². The lowest BCUT2D eigenvalue weighted by Crippen LogP contribution is -2.34. The maximum absolute atomic E-state index is 13.7. The van der Waals surface area contributed by atoms with Gasteiger partial charge in [-0.1, -0.05) is 6.07 Å². The van der Waals surface area contributed by atoms with Gasteiger partial charge in [0.25, 0.3) is 0 Å². The second kappa shape index (κ2) is 6.10. The highest BCUT2D eigenvalue weighted by Gasteiger charge is 2.26. The summed E-state index contributed by atoms with van der Waals surface area (Å²) in [5.74, 6) is -0.164. The van der Waals surface area contributed by atoms with Crippen molar-refractivity contribution in [1.29, 1.82) is 0 Å². The topological polar surface area (TPSA) is 20.5 Å². The molecule has 0 spiro atoms. The van der Waals surface area contributed by atoms with Gasteiger partial charge in [0.05, 0.1) is 17.4 Å². The molecule has 1 aliphatic rings. The van der Waals surface area contributed by atoms with Crippen LogP contribution in [-0.2, 0) is 6.42 Å². The molecule has 2 aromatic heterocycles. The average Bonchev–Trinajstić information content (AvgIpc) is 2.84. The van der Waals surface area contributed by atoms with Crippen molar-refractivity contribution in [2.75, 3.05) is 11.4 Å². The quantitative estimate of drug-likeness (QED) is 0.640. The van der Waals surface area contributed by atoms with Crippen LogP contribution in [0.15, 0.2) is 36.5 Å². The summed E-state index contributed by atoms with van der Waals surface area (Å²) in [7, 11) is 0. The van der Waals surface area contributed by atoms with Gasteiger partial charge in [-0.15, -0.1) is 12.4 Å². The molecule has 4 rings (SSSR count). The maximum atomic E-state index is 13.7. The first kappa shape index (κ1) is 16.8. The second-order valence-corrected chi connectivity index (χ2v) is 6.33. The number of halogens is 2. The molecule has 3 nitrogen and oxygen atoms in total. The molecule has 1 aliphatic heterocycles. The van der Waals surface area contributed by atoms with E-state index in [9.17, 15) is 4.39 Å². The van der Waals surface area contributed by atoms with Gasteiger partial charge in [-0.05, 0) is 62.6 Å². The summed E-state index contributed by atoms with van der Waals surface area (Å²) in [6.07, 6.45) is 2.98. The van der Waals surface area contributed by atoms with Gasteiger partial charge in [-0.25, -0.2) is 9.37 Å². The summed E-state index contributed by atoms with van der Waals surface area (Å²) < 4.78 is 15.8. The van der Waals surface area contributed by atoms with E-state index in [1.54, 1.807) is 12.1 Å². The zero-order valence-electron chi connectivity index (χ0n) is 14.1. The first-order chi connectivity index (χ1) is 11.1. The van der Waals surface area contributed by atoms with E-state index < -0.39 is 0 Å². The van der Waals surface area contributed by atoms with Gasteiger partial charge in [-0.3, -0.25) is 0 Å². The number of hydrogen-bond acceptors (Lipinski definition) is 2. The van der Waals surface area contributed by atoms with E-state index in [-0.39, 0.29) is 24.3 Å². The van der Waals surface area contributed by atoms with Gasteiger partial charge in [0.2, 0.25) is 0 Å². The lowest BCUT2D eigenvalue weighted by Gasteiger charge is -2.37. The van der Waals surface area contributed by atoms with E-state index in [1.807, 2.05) is 13.0 Å². The second-order valence-electron chi connectivity index (χ2n) is 6.33. The number of aromatic nitrogens is 2. The molecule has 3 heterocycles. The molecular formula is C19H21ClFN3. The standard InChI is InChI=1S/C19H20FN3.ClH/c1-12-13(2)23-9-4-5-18(19(23)21-12)22-10-8-15-6-7-16(20)11-17(15)14(22)3;/h4-7,9,11,14H,8,10H2,1-3H3;1H. The number of rotatable bonds is 1. The number of anilines is 1. The van der Waals surface area contributed by atoms with Crippen LogP contribution >= 0.6 is 12.4 Å². The molecular weight excluding hydrogens is 325 g/mol. The SMILES string of the molecule is Cc1nc2c(N3CCc4ccc(F)cc4C3C)cccn2c1C.Cl. The minimum Gasteiger partial charge on any atom is -0.361 e. The molecule has 0 amide bonds. The van der Waals surface area contributed by atoms with Crippen LogP contribution in [0.3, 0.4) is 0 Å². The highest BCUT2D eigenvalue weighted by molar-refractivity contribution is 5.85. The van der Waals surface area contributed by atoms with Crippen LogP contribution < -0.4 is 4.90 Å². The Morgan fingerprint density at radius 3 is 2.79 bits per heavy atom. The molecule has 24 heavy (non-hydrogen) atoms. The third-order valence-electron chi connectivity index (χ3n) is 5.06. The van der Waals surface area contributed by atoms with Gasteiger partial charge >= 0.3 is 0 Å². The number of hydrogen-bond donors (Lipinski definition) is 0. The Morgan fingerprint density at radius 2 is 2.00 bits per heavy atom. The average molecular weight is 346 g/mol. The number of benzene rings is 1. The number of imidazole rings is 1. The highest BCUT2D eigenvalue weighted by Crippen LogP contribution is 2.35. The van der Waals surface area contributed by atoms with E-state index in [2.05, 4.69) is 41.5 Å². The minimum absolute atomic E-state index is 0. The molecule has 0 saturated heterocycles. The summed E-state index contributed by atoms with van der Waals surface area (Å²) in [6.45, 7) is 7.19. The first-order valence-corrected chi connectivity index (χ1v) is 8.05. The van der Waals surface area contributed by atoms with Crippen LogP contribution in [0, 0.1) is 19.7 Å². The molecule has 0 fully saturated rings. The Morgan fingerprint density at radius 1 is 1.21 bits per heavy atom. The molecule has 0 radical (unpaired) electrons. The van der Waals surface area contributed by atoms with Crippen molar-refractivity contribution in [2.45, 2.75) is 33.2 Å². The summed E-state index contributed by atoms with van der Waals surface area (Å²) in [4.78, 5) is 7.08. The monoisotopic (exact) mass is 345 g/mol. The Hall–Kier alpha value is -2.07. The molecule has 3 aromatic rings. The number of pyridine rings is 1. The van der Waals surface area contributed by atoms with Crippen LogP contribution in [-0.4, -0.2) is 15.9 Å². The Labute approximate surface area is 147 Å². The van der Waals surface area contributed by atoms with E-state index >= 15 is 0 Å². The van der Waals surface area contributed by atoms with Crippen molar-refractivity contribution in [3.8, 4) is 0 Å². The van der Waals surface area contributed by atoms with Crippen molar-refractivity contribution >= 4 is 23.7 Å². The van der Waals surface area contributed by atoms with Gasteiger partial charge in [-0.2, -0.15) is 0 Å². The van der Waals surface area contributed by atoms with Crippen molar-refractivity contribution < 1.29 is 4.39 Å². The number of nitrogens with zero attached hydrogens (tertiary/aromatic N) is 3. The summed E-state index contributed by atoms with van der Waals surface area (Å²) >= 11 is 0. The van der Waals surface area contributed by atoms with Gasteiger partial charge in [0.1, 0.15) is 5.82 Å². The van der Waals surface area contributed by atoms with E-state index in [0.717, 1.165) is 41.3 Å². The van der Waals surface area contributed by atoms with Gasteiger partial charge < -0.3 is 9.30 Å². The van der Waals surface area contributed by atoms with Crippen LogP contribution in [0.2, 0.25) is 0 Å². The summed E-state index contributed by atoms with van der Waals surface area (Å²) in [5, 5.41) is 0. The van der Waals surface area contributed by atoms with Crippen LogP contribution in [0.1, 0.15) is 35.5 Å². The predicted octanol–water partition coefficient (Wildman–Crippen LogP) is 4.64. The molecule has 0 N–H and O–H groups in total. The van der Waals surface area contributed by atoms with E-state index in [1.165, 1.54) is 5.56 Å². The molecule has 1 atom stereocenters. The largest absolute Gasteiger partial charge is 0.361 e. The van der Waals surface area contributed by atoms with Gasteiger partial charge in [0.15, 0.2) is 5.65 Å². The summed E-state index contributed by atoms with van der Waals surface area (Å²) in [6, 6.07) is 9.46. The van der Waals surface area contributed by atoms with Crippen molar-refractivity contribution in [2.24, 2.45) is 0 Å². The fourth-order valence-corrected chi connectivity index (χ4v) is 3.62. The number of aryl methyl sites for hydroxylation is 2. The molecule has 126 valence electrons. The predicted molar refractivity (Wildman–Crippen MR) is 97.8 cm³/mol. The zero-order chi connectivity index (χ0) is 16.1. The molecule has 0 aliphatic carbocycles. The number of fused-ring (bicyclic) bond motifs is 2. The Kier molecular flexibility index (Phi) is 4.26. The van der Waals surface area contributed by atoms with Crippen molar-refractivity contribution in [1.82, 2.24) is 9.38 Å². The fraction of sp³-hybridized carbons (Fsp3) is 0.316. The summed E-state index contributed by atoms with van der Waals surface area (Å²) in [5.41, 5.74) is 6.64. The minimum atomic E-state index is -0.164. The van der Waals surface area contributed by atoms with Crippen molar-refractivity contribution in [3.63, 3.8) is 0 Å². The van der Waals surface area contributed by atoms with E-state index in [4.69, 9.17) is 4.98 Å².